The SMILES string of the molecule is C#CCOc1ccc(/C=C2\SC(=O)N(CC(=O)Nc3ccc(OC)cc3)C2=O)cc1OC. The highest BCUT2D eigenvalue weighted by Gasteiger charge is 2.36. The molecule has 32 heavy (non-hydrogen) atoms. The molecular formula is C23H20N2O6S. The molecule has 0 aromatic heterocycles. The van der Waals surface area contributed by atoms with E-state index in [4.69, 9.17) is 20.6 Å². The summed E-state index contributed by atoms with van der Waals surface area (Å²) in [6.45, 7) is -0.302. The van der Waals surface area contributed by atoms with Crippen LogP contribution in [0.15, 0.2) is 47.4 Å². The fourth-order valence-corrected chi connectivity index (χ4v) is 3.66. The molecule has 0 bridgehead atoms. The molecule has 1 fully saturated rings. The number of nitrogens with zero attached hydrogens (tertiary/aromatic N) is 1. The average molecular weight is 452 g/mol. The van der Waals surface area contributed by atoms with Gasteiger partial charge in [0.15, 0.2) is 11.5 Å². The van der Waals surface area contributed by atoms with Crippen molar-refractivity contribution in [2.45, 2.75) is 0 Å². The van der Waals surface area contributed by atoms with Gasteiger partial charge in [-0.3, -0.25) is 19.3 Å². The van der Waals surface area contributed by atoms with Crippen LogP contribution in [0.4, 0.5) is 10.5 Å². The Bertz CT molecular complexity index is 1100. The molecule has 8 nitrogen and oxygen atoms in total. The number of imide groups is 1. The Morgan fingerprint density at radius 2 is 1.88 bits per heavy atom. The van der Waals surface area contributed by atoms with Crippen LogP contribution in [-0.2, 0) is 9.59 Å². The third-order valence-electron chi connectivity index (χ3n) is 4.35. The zero-order chi connectivity index (χ0) is 23.1. The van der Waals surface area contributed by atoms with Gasteiger partial charge in [0.25, 0.3) is 11.1 Å². The topological polar surface area (TPSA) is 94.2 Å². The molecule has 0 aliphatic carbocycles. The predicted molar refractivity (Wildman–Crippen MR) is 122 cm³/mol. The van der Waals surface area contributed by atoms with Crippen LogP contribution in [-0.4, -0.2) is 49.3 Å². The molecule has 2 aromatic rings. The van der Waals surface area contributed by atoms with Crippen molar-refractivity contribution in [1.82, 2.24) is 4.90 Å². The number of methoxy groups -OCH3 is 2. The summed E-state index contributed by atoms with van der Waals surface area (Å²) in [6.07, 6.45) is 6.76. The summed E-state index contributed by atoms with van der Waals surface area (Å²) in [7, 11) is 3.02. The first-order valence-electron chi connectivity index (χ1n) is 9.38. The molecule has 1 saturated heterocycles. The van der Waals surface area contributed by atoms with Crippen molar-refractivity contribution < 1.29 is 28.6 Å². The van der Waals surface area contributed by atoms with Gasteiger partial charge >= 0.3 is 0 Å². The van der Waals surface area contributed by atoms with Gasteiger partial charge in [0.1, 0.15) is 18.9 Å². The zero-order valence-corrected chi connectivity index (χ0v) is 18.2. The molecule has 0 unspecified atom stereocenters. The maximum atomic E-state index is 12.7. The maximum Gasteiger partial charge on any atom is 0.294 e. The molecule has 3 rings (SSSR count). The molecule has 1 aliphatic heterocycles. The first kappa shape index (κ1) is 22.8. The van der Waals surface area contributed by atoms with Gasteiger partial charge in [-0.25, -0.2) is 0 Å². The lowest BCUT2D eigenvalue weighted by Crippen LogP contribution is -2.36. The van der Waals surface area contributed by atoms with E-state index in [-0.39, 0.29) is 11.5 Å². The van der Waals surface area contributed by atoms with E-state index in [2.05, 4.69) is 11.2 Å². The fraction of sp³-hybridized carbons (Fsp3) is 0.174. The number of terminal acetylenes is 1. The standard InChI is InChI=1S/C23H20N2O6S/c1-4-11-31-18-10-5-15(12-19(18)30-3)13-20-22(27)25(23(28)32-20)14-21(26)24-16-6-8-17(29-2)9-7-16/h1,5-10,12-13H,11,14H2,2-3H3,(H,24,26)/b20-13-. The van der Waals surface area contributed by atoms with Crippen LogP contribution in [0.25, 0.3) is 6.08 Å². The maximum absolute atomic E-state index is 12.7. The number of rotatable bonds is 8. The number of benzene rings is 2. The van der Waals surface area contributed by atoms with E-state index in [1.54, 1.807) is 55.7 Å². The second-order valence-corrected chi connectivity index (χ2v) is 7.44. The lowest BCUT2D eigenvalue weighted by molar-refractivity contribution is -0.127. The lowest BCUT2D eigenvalue weighted by atomic mass is 10.2. The van der Waals surface area contributed by atoms with Crippen molar-refractivity contribution in [3.8, 4) is 29.6 Å². The molecule has 9 heteroatoms. The second kappa shape index (κ2) is 10.4. The number of ether oxygens (including phenoxy) is 3. The lowest BCUT2D eigenvalue weighted by Gasteiger charge is -2.12. The van der Waals surface area contributed by atoms with Crippen molar-refractivity contribution in [3.05, 3.63) is 52.9 Å². The summed E-state index contributed by atoms with van der Waals surface area (Å²) < 4.78 is 15.7. The minimum absolute atomic E-state index is 0.0905. The van der Waals surface area contributed by atoms with Crippen molar-refractivity contribution in [1.29, 1.82) is 0 Å². The minimum atomic E-state index is -0.545. The number of carbonyl (C=O) groups excluding carboxylic acids is 3. The molecule has 0 saturated carbocycles. The van der Waals surface area contributed by atoms with Gasteiger partial charge < -0.3 is 19.5 Å². The van der Waals surface area contributed by atoms with Crippen LogP contribution in [0.2, 0.25) is 0 Å². The van der Waals surface area contributed by atoms with Crippen LogP contribution >= 0.6 is 11.8 Å². The van der Waals surface area contributed by atoms with E-state index in [1.165, 1.54) is 7.11 Å². The molecule has 164 valence electrons. The van der Waals surface area contributed by atoms with E-state index in [9.17, 15) is 14.4 Å². The molecule has 0 radical (unpaired) electrons. The summed E-state index contributed by atoms with van der Waals surface area (Å²) in [5.41, 5.74) is 1.15. The first-order valence-corrected chi connectivity index (χ1v) is 10.2. The van der Waals surface area contributed by atoms with Gasteiger partial charge in [0.05, 0.1) is 19.1 Å². The van der Waals surface area contributed by atoms with Crippen molar-refractivity contribution in [2.75, 3.05) is 32.7 Å². The summed E-state index contributed by atoms with van der Waals surface area (Å²) in [6, 6.07) is 11.7. The van der Waals surface area contributed by atoms with Crippen molar-refractivity contribution >= 4 is 40.6 Å². The van der Waals surface area contributed by atoms with Gasteiger partial charge in [0.2, 0.25) is 5.91 Å². The van der Waals surface area contributed by atoms with Crippen LogP contribution in [0.3, 0.4) is 0 Å². The molecule has 1 aliphatic rings. The van der Waals surface area contributed by atoms with Crippen molar-refractivity contribution in [2.24, 2.45) is 0 Å². The Morgan fingerprint density at radius 1 is 1.12 bits per heavy atom. The predicted octanol–water partition coefficient (Wildman–Crippen LogP) is 3.39. The number of hydrogen-bond acceptors (Lipinski definition) is 7. The number of amides is 3. The monoisotopic (exact) mass is 452 g/mol. The summed E-state index contributed by atoms with van der Waals surface area (Å²) >= 11 is 0.765. The van der Waals surface area contributed by atoms with E-state index in [1.807, 2.05) is 0 Å². The molecular weight excluding hydrogens is 432 g/mol. The van der Waals surface area contributed by atoms with Gasteiger partial charge in [-0.2, -0.15) is 0 Å². The van der Waals surface area contributed by atoms with Gasteiger partial charge in [0, 0.05) is 5.69 Å². The second-order valence-electron chi connectivity index (χ2n) is 6.45. The highest BCUT2D eigenvalue weighted by Crippen LogP contribution is 2.34. The number of thioether (sulfide) groups is 1. The Labute approximate surface area is 189 Å². The van der Waals surface area contributed by atoms with Gasteiger partial charge in [-0.15, -0.1) is 6.42 Å². The van der Waals surface area contributed by atoms with Gasteiger partial charge in [-0.05, 0) is 59.8 Å². The van der Waals surface area contributed by atoms with E-state index in [0.29, 0.717) is 28.5 Å². The largest absolute Gasteiger partial charge is 0.497 e. The minimum Gasteiger partial charge on any atom is -0.497 e. The smallest absolute Gasteiger partial charge is 0.294 e. The molecule has 1 heterocycles. The normalized spacial score (nSPS) is 14.3. The van der Waals surface area contributed by atoms with E-state index in [0.717, 1.165) is 16.7 Å². The van der Waals surface area contributed by atoms with Crippen LogP contribution in [0.5, 0.6) is 17.2 Å². The Balaban J connectivity index is 1.69. The molecule has 3 amide bonds. The van der Waals surface area contributed by atoms with Crippen LogP contribution < -0.4 is 19.5 Å². The fourth-order valence-electron chi connectivity index (χ4n) is 2.82. The Kier molecular flexibility index (Phi) is 7.41. The summed E-state index contributed by atoms with van der Waals surface area (Å²) in [5, 5.41) is 2.13. The van der Waals surface area contributed by atoms with Crippen LogP contribution in [0, 0.1) is 12.3 Å². The summed E-state index contributed by atoms with van der Waals surface area (Å²) in [4.78, 5) is 38.4. The highest BCUT2D eigenvalue weighted by molar-refractivity contribution is 8.18. The highest BCUT2D eigenvalue weighted by atomic mass is 32.2. The molecule has 0 spiro atoms. The van der Waals surface area contributed by atoms with Crippen LogP contribution in [0.1, 0.15) is 5.56 Å². The molecule has 1 N–H and O–H groups in total. The summed E-state index contributed by atoms with van der Waals surface area (Å²) in [5.74, 6) is 2.88. The third kappa shape index (κ3) is 5.42. The van der Waals surface area contributed by atoms with Crippen molar-refractivity contribution in [3.63, 3.8) is 0 Å². The number of nitrogens with one attached hydrogen (secondary N) is 1. The van der Waals surface area contributed by atoms with E-state index < -0.39 is 23.6 Å². The Morgan fingerprint density at radius 3 is 2.53 bits per heavy atom. The van der Waals surface area contributed by atoms with Gasteiger partial charge in [-0.1, -0.05) is 12.0 Å². The zero-order valence-electron chi connectivity index (χ0n) is 17.4. The number of anilines is 1. The quantitative estimate of drug-likeness (QED) is 0.485. The molecule has 0 atom stereocenters. The number of carbonyl (C=O) groups is 3. The average Bonchev–Trinajstić information content (AvgIpc) is 3.05. The third-order valence-corrected chi connectivity index (χ3v) is 5.25. The van der Waals surface area contributed by atoms with E-state index >= 15 is 0 Å². The molecule has 2 aromatic carbocycles. The number of hydrogen-bond donors (Lipinski definition) is 1. The Hall–Kier alpha value is -3.90. The first-order chi connectivity index (χ1) is 15.4.